The van der Waals surface area contributed by atoms with Crippen molar-refractivity contribution in [2.24, 2.45) is 5.92 Å². The number of ether oxygens (including phenoxy) is 1. The fraction of sp³-hybridized carbons (Fsp3) is 0.500. The highest BCUT2D eigenvalue weighted by Crippen LogP contribution is 2.29. The lowest BCUT2D eigenvalue weighted by molar-refractivity contribution is 0.178. The Balaban J connectivity index is 2.21. The van der Waals surface area contributed by atoms with Gasteiger partial charge in [0.05, 0.1) is 12.7 Å². The summed E-state index contributed by atoms with van der Waals surface area (Å²) in [5, 5.41) is 12.5. The predicted molar refractivity (Wildman–Crippen MR) is 67.7 cm³/mol. The quantitative estimate of drug-likeness (QED) is 0.894. The normalized spacial score (nSPS) is 22.2. The molecule has 0 bridgehead atoms. The van der Waals surface area contributed by atoms with E-state index in [1.165, 1.54) is 12.1 Å². The summed E-state index contributed by atoms with van der Waals surface area (Å²) in [6.07, 6.45) is 0.853. The molecule has 0 amide bonds. The van der Waals surface area contributed by atoms with E-state index in [-0.39, 0.29) is 11.7 Å². The van der Waals surface area contributed by atoms with Gasteiger partial charge in [0.1, 0.15) is 11.4 Å². The molecule has 1 aromatic rings. The van der Waals surface area contributed by atoms with Crippen LogP contribution in [0.1, 0.15) is 18.9 Å². The fourth-order valence-electron chi connectivity index (χ4n) is 2.32. The summed E-state index contributed by atoms with van der Waals surface area (Å²) in [4.78, 5) is 0. The van der Waals surface area contributed by atoms with Gasteiger partial charge < -0.3 is 10.1 Å². The fourth-order valence-corrected chi connectivity index (χ4v) is 2.32. The highest BCUT2D eigenvalue weighted by molar-refractivity contribution is 5.50. The molecule has 0 saturated carbocycles. The lowest BCUT2D eigenvalue weighted by Crippen LogP contribution is -2.41. The molecule has 0 spiro atoms. The molecule has 0 radical (unpaired) electrons. The summed E-state index contributed by atoms with van der Waals surface area (Å²) in [5.41, 5.74) is 0.750. The first-order valence-electron chi connectivity index (χ1n) is 6.08. The number of anilines is 1. The lowest BCUT2D eigenvalue weighted by atomic mass is 9.86. The molecule has 2 unspecified atom stereocenters. The van der Waals surface area contributed by atoms with E-state index < -0.39 is 5.54 Å². The Bertz CT molecular complexity index is 457. The first kappa shape index (κ1) is 12.8. The van der Waals surface area contributed by atoms with Crippen LogP contribution in [-0.4, -0.2) is 18.8 Å². The maximum Gasteiger partial charge on any atom is 0.127 e. The van der Waals surface area contributed by atoms with Crippen molar-refractivity contribution in [2.45, 2.75) is 25.8 Å². The van der Waals surface area contributed by atoms with Gasteiger partial charge in [-0.2, -0.15) is 5.26 Å². The summed E-state index contributed by atoms with van der Waals surface area (Å²) in [5.74, 6) is -0.161. The van der Waals surface area contributed by atoms with Gasteiger partial charge in [0.2, 0.25) is 0 Å². The Morgan fingerprint density at radius 3 is 2.83 bits per heavy atom. The van der Waals surface area contributed by atoms with Crippen LogP contribution in [0.3, 0.4) is 0 Å². The standard InChI is InChI=1S/C14H17FN2O/c1-10-5-12(15)7-13(6-10)17-14(2,9-16)11-3-4-18-8-11/h5-7,11,17H,3-4,8H2,1-2H3. The van der Waals surface area contributed by atoms with Crippen LogP contribution in [0.15, 0.2) is 18.2 Å². The zero-order valence-corrected chi connectivity index (χ0v) is 10.7. The third kappa shape index (κ3) is 2.62. The molecule has 3 nitrogen and oxygen atoms in total. The van der Waals surface area contributed by atoms with E-state index in [4.69, 9.17) is 4.74 Å². The number of hydrogen-bond donors (Lipinski definition) is 1. The zero-order valence-electron chi connectivity index (χ0n) is 10.7. The van der Waals surface area contributed by atoms with E-state index in [1.807, 2.05) is 19.9 Å². The van der Waals surface area contributed by atoms with Crippen molar-refractivity contribution in [2.75, 3.05) is 18.5 Å². The molecule has 2 rings (SSSR count). The van der Waals surface area contributed by atoms with Gasteiger partial charge in [-0.1, -0.05) is 0 Å². The lowest BCUT2D eigenvalue weighted by Gasteiger charge is -2.30. The summed E-state index contributed by atoms with van der Waals surface area (Å²) < 4.78 is 18.7. The molecule has 1 fully saturated rings. The minimum Gasteiger partial charge on any atom is -0.381 e. The number of nitrogens with zero attached hydrogens (tertiary/aromatic N) is 1. The van der Waals surface area contributed by atoms with Gasteiger partial charge in [-0.3, -0.25) is 0 Å². The van der Waals surface area contributed by atoms with Crippen LogP contribution in [-0.2, 0) is 4.74 Å². The topological polar surface area (TPSA) is 45.0 Å². The molecular weight excluding hydrogens is 231 g/mol. The van der Waals surface area contributed by atoms with Crippen molar-refractivity contribution in [1.82, 2.24) is 0 Å². The van der Waals surface area contributed by atoms with Gasteiger partial charge in [0.25, 0.3) is 0 Å². The molecular formula is C14H17FN2O. The van der Waals surface area contributed by atoms with E-state index in [1.54, 1.807) is 0 Å². The average molecular weight is 248 g/mol. The summed E-state index contributed by atoms with van der Waals surface area (Å²) in [7, 11) is 0. The van der Waals surface area contributed by atoms with E-state index in [9.17, 15) is 9.65 Å². The molecule has 0 aliphatic carbocycles. The number of nitriles is 1. The molecule has 96 valence electrons. The molecule has 1 saturated heterocycles. The predicted octanol–water partition coefficient (Wildman–Crippen LogP) is 2.86. The minimum absolute atomic E-state index is 0.131. The van der Waals surface area contributed by atoms with E-state index >= 15 is 0 Å². The summed E-state index contributed by atoms with van der Waals surface area (Å²) in [6, 6.07) is 7.02. The van der Waals surface area contributed by atoms with Crippen molar-refractivity contribution in [3.05, 3.63) is 29.6 Å². The number of rotatable bonds is 3. The SMILES string of the molecule is Cc1cc(F)cc(NC(C)(C#N)C2CCOC2)c1. The van der Waals surface area contributed by atoms with Gasteiger partial charge in [0.15, 0.2) is 0 Å². The highest BCUT2D eigenvalue weighted by Gasteiger charge is 2.37. The van der Waals surface area contributed by atoms with Crippen molar-refractivity contribution in [1.29, 1.82) is 5.26 Å². The van der Waals surface area contributed by atoms with Gasteiger partial charge in [0, 0.05) is 18.2 Å². The highest BCUT2D eigenvalue weighted by atomic mass is 19.1. The summed E-state index contributed by atoms with van der Waals surface area (Å²) in [6.45, 7) is 4.93. The third-order valence-electron chi connectivity index (χ3n) is 3.42. The number of hydrogen-bond acceptors (Lipinski definition) is 3. The Kier molecular flexibility index (Phi) is 3.53. The summed E-state index contributed by atoms with van der Waals surface area (Å²) >= 11 is 0. The number of benzene rings is 1. The minimum atomic E-state index is -0.725. The molecule has 2 atom stereocenters. The smallest absolute Gasteiger partial charge is 0.127 e. The Labute approximate surface area is 107 Å². The van der Waals surface area contributed by atoms with E-state index in [0.717, 1.165) is 12.0 Å². The molecule has 1 aliphatic heterocycles. The van der Waals surface area contributed by atoms with E-state index in [2.05, 4.69) is 11.4 Å². The Hall–Kier alpha value is -1.60. The van der Waals surface area contributed by atoms with Crippen molar-refractivity contribution >= 4 is 5.69 Å². The largest absolute Gasteiger partial charge is 0.381 e. The van der Waals surface area contributed by atoms with Gasteiger partial charge in [-0.15, -0.1) is 0 Å². The maximum atomic E-state index is 13.3. The average Bonchev–Trinajstić information content (AvgIpc) is 2.81. The second-order valence-electron chi connectivity index (χ2n) is 5.02. The second kappa shape index (κ2) is 4.95. The van der Waals surface area contributed by atoms with Crippen LogP contribution >= 0.6 is 0 Å². The van der Waals surface area contributed by atoms with Gasteiger partial charge in [-0.25, -0.2) is 4.39 Å². The first-order valence-corrected chi connectivity index (χ1v) is 6.08. The second-order valence-corrected chi connectivity index (χ2v) is 5.02. The van der Waals surface area contributed by atoms with Crippen LogP contribution < -0.4 is 5.32 Å². The molecule has 1 aromatic carbocycles. The Morgan fingerprint density at radius 1 is 1.50 bits per heavy atom. The van der Waals surface area contributed by atoms with E-state index in [0.29, 0.717) is 18.9 Å². The third-order valence-corrected chi connectivity index (χ3v) is 3.42. The number of aryl methyl sites for hydroxylation is 1. The number of nitrogens with one attached hydrogen (secondary N) is 1. The first-order chi connectivity index (χ1) is 8.53. The molecule has 0 aromatic heterocycles. The zero-order chi connectivity index (χ0) is 13.2. The van der Waals surface area contributed by atoms with Crippen LogP contribution in [0.2, 0.25) is 0 Å². The Morgan fingerprint density at radius 2 is 2.28 bits per heavy atom. The van der Waals surface area contributed by atoms with Crippen molar-refractivity contribution < 1.29 is 9.13 Å². The molecule has 18 heavy (non-hydrogen) atoms. The maximum absolute atomic E-state index is 13.3. The molecule has 4 heteroatoms. The van der Waals surface area contributed by atoms with Crippen LogP contribution in [0.5, 0.6) is 0 Å². The molecule has 1 N–H and O–H groups in total. The molecule has 1 heterocycles. The van der Waals surface area contributed by atoms with Crippen molar-refractivity contribution in [3.8, 4) is 6.07 Å². The number of halogens is 1. The van der Waals surface area contributed by atoms with Crippen LogP contribution in [0, 0.1) is 30.0 Å². The van der Waals surface area contributed by atoms with Gasteiger partial charge >= 0.3 is 0 Å². The monoisotopic (exact) mass is 248 g/mol. The van der Waals surface area contributed by atoms with Gasteiger partial charge in [-0.05, 0) is 44.0 Å². The van der Waals surface area contributed by atoms with Crippen LogP contribution in [0.25, 0.3) is 0 Å². The molecule has 1 aliphatic rings. The van der Waals surface area contributed by atoms with Crippen molar-refractivity contribution in [3.63, 3.8) is 0 Å². The van der Waals surface area contributed by atoms with Crippen LogP contribution in [0.4, 0.5) is 10.1 Å².